The maximum absolute atomic E-state index is 13.0. The molecule has 3 rings (SSSR count). The summed E-state index contributed by atoms with van der Waals surface area (Å²) in [7, 11) is 0. The number of rotatable bonds is 4. The van der Waals surface area contributed by atoms with Crippen LogP contribution in [-0.2, 0) is 6.54 Å². The van der Waals surface area contributed by atoms with Crippen molar-refractivity contribution in [2.24, 2.45) is 0 Å². The fraction of sp³-hybridized carbons (Fsp3) is 0.182. The van der Waals surface area contributed by atoms with Gasteiger partial charge in [0.25, 0.3) is 6.43 Å². The van der Waals surface area contributed by atoms with E-state index >= 15 is 0 Å². The Labute approximate surface area is 115 Å². The number of fused-ring (bicyclic) bond motifs is 1. The van der Waals surface area contributed by atoms with Gasteiger partial charge in [-0.05, 0) is 6.07 Å². The first-order chi connectivity index (χ1) is 10.1. The summed E-state index contributed by atoms with van der Waals surface area (Å²) in [6, 6.07) is 1.70. The largest absolute Gasteiger partial charge is 0.476 e. The lowest BCUT2D eigenvalue weighted by molar-refractivity contribution is 0.0675. The quantitative estimate of drug-likeness (QED) is 0.771. The van der Waals surface area contributed by atoms with E-state index < -0.39 is 23.8 Å². The summed E-state index contributed by atoms with van der Waals surface area (Å²) in [6.07, 6.45) is 1.85. The van der Waals surface area contributed by atoms with E-state index in [0.29, 0.717) is 11.5 Å². The van der Waals surface area contributed by atoms with E-state index in [0.717, 1.165) is 4.68 Å². The van der Waals surface area contributed by atoms with E-state index in [1.165, 1.54) is 0 Å². The van der Waals surface area contributed by atoms with Crippen molar-refractivity contribution in [3.63, 3.8) is 0 Å². The van der Waals surface area contributed by atoms with Gasteiger partial charge in [-0.15, -0.1) is 5.10 Å². The summed E-state index contributed by atoms with van der Waals surface area (Å²) in [5.74, 6) is -1.14. The van der Waals surface area contributed by atoms with Crippen molar-refractivity contribution in [2.45, 2.75) is 13.0 Å². The van der Waals surface area contributed by atoms with Crippen molar-refractivity contribution in [3.8, 4) is 0 Å². The van der Waals surface area contributed by atoms with Crippen molar-refractivity contribution >= 4 is 11.7 Å². The number of aromatic nitrogens is 6. The number of carboxylic acid groups (broad SMARTS) is 1. The zero-order valence-electron chi connectivity index (χ0n) is 10.4. The predicted molar refractivity (Wildman–Crippen MR) is 64.0 cm³/mol. The second-order valence-corrected chi connectivity index (χ2v) is 4.15. The molecule has 0 saturated carbocycles. The number of halogens is 2. The van der Waals surface area contributed by atoms with E-state index in [2.05, 4.69) is 20.3 Å². The molecule has 0 radical (unpaired) electrons. The minimum atomic E-state index is -3.00. The first kappa shape index (κ1) is 13.1. The highest BCUT2D eigenvalue weighted by Gasteiger charge is 2.26. The number of aromatic carboxylic acids is 1. The molecule has 8 nitrogen and oxygen atoms in total. The second kappa shape index (κ2) is 4.89. The number of hydrogen-bond acceptors (Lipinski definition) is 5. The van der Waals surface area contributed by atoms with Gasteiger partial charge in [0.2, 0.25) is 5.78 Å². The lowest BCUT2D eigenvalue weighted by Gasteiger charge is -2.03. The Bertz CT molecular complexity index is 779. The Morgan fingerprint density at radius 1 is 1.43 bits per heavy atom. The molecule has 0 atom stereocenters. The topological polar surface area (TPSA) is 98.2 Å². The van der Waals surface area contributed by atoms with Crippen LogP contribution < -0.4 is 0 Å². The van der Waals surface area contributed by atoms with Crippen LogP contribution in [0, 0.1) is 0 Å². The summed E-state index contributed by atoms with van der Waals surface area (Å²) < 4.78 is 28.4. The van der Waals surface area contributed by atoms with Crippen molar-refractivity contribution in [2.75, 3.05) is 0 Å². The van der Waals surface area contributed by atoms with Gasteiger partial charge in [0.05, 0.1) is 12.2 Å². The Balaban J connectivity index is 1.99. The minimum Gasteiger partial charge on any atom is -0.476 e. The molecule has 0 aliphatic heterocycles. The van der Waals surface area contributed by atoms with E-state index in [1.807, 2.05) is 0 Å². The highest BCUT2D eigenvalue weighted by molar-refractivity contribution is 5.86. The Kier molecular flexibility index (Phi) is 3.05. The van der Waals surface area contributed by atoms with Gasteiger partial charge in [0.1, 0.15) is 5.69 Å². The molecule has 10 heteroatoms. The molecule has 0 aliphatic rings. The standard InChI is InChI=1S/C11H8F2N6O2/c12-9(13)8-7(10(20)21)16-17-19(8)5-6-4-18-3-1-2-14-11(18)15-6/h1-4,9H,5H2,(H,20,21). The molecular formula is C11H8F2N6O2. The lowest BCUT2D eigenvalue weighted by atomic mass is 10.3. The summed E-state index contributed by atoms with van der Waals surface area (Å²) in [5, 5.41) is 15.6. The Hall–Kier alpha value is -2.91. The summed E-state index contributed by atoms with van der Waals surface area (Å²) in [6.45, 7) is -0.122. The molecule has 0 saturated heterocycles. The molecular weight excluding hydrogens is 286 g/mol. The first-order valence-corrected chi connectivity index (χ1v) is 5.79. The van der Waals surface area contributed by atoms with Crippen molar-refractivity contribution in [1.29, 1.82) is 0 Å². The van der Waals surface area contributed by atoms with Gasteiger partial charge >= 0.3 is 5.97 Å². The summed E-state index contributed by atoms with van der Waals surface area (Å²) >= 11 is 0. The van der Waals surface area contributed by atoms with Gasteiger partial charge in [0, 0.05) is 18.6 Å². The number of hydrogen-bond donors (Lipinski definition) is 1. The average Bonchev–Trinajstić information content (AvgIpc) is 3.01. The summed E-state index contributed by atoms with van der Waals surface area (Å²) in [5.41, 5.74) is -1.09. The maximum atomic E-state index is 13.0. The molecule has 0 spiro atoms. The van der Waals surface area contributed by atoms with Crippen LogP contribution in [-0.4, -0.2) is 40.4 Å². The number of imidazole rings is 1. The molecule has 1 N–H and O–H groups in total. The monoisotopic (exact) mass is 294 g/mol. The first-order valence-electron chi connectivity index (χ1n) is 5.79. The molecule has 3 aromatic rings. The molecule has 0 amide bonds. The number of carboxylic acids is 1. The van der Waals surface area contributed by atoms with Crippen LogP contribution in [0.3, 0.4) is 0 Å². The molecule has 108 valence electrons. The lowest BCUT2D eigenvalue weighted by Crippen LogP contribution is -2.10. The van der Waals surface area contributed by atoms with E-state index in [1.54, 1.807) is 29.1 Å². The maximum Gasteiger partial charge on any atom is 0.358 e. The van der Waals surface area contributed by atoms with Crippen LogP contribution in [0.1, 0.15) is 28.3 Å². The van der Waals surface area contributed by atoms with Crippen LogP contribution in [0.5, 0.6) is 0 Å². The molecule has 21 heavy (non-hydrogen) atoms. The van der Waals surface area contributed by atoms with Gasteiger partial charge in [-0.3, -0.25) is 4.40 Å². The molecule has 0 aromatic carbocycles. The molecule has 0 aliphatic carbocycles. The van der Waals surface area contributed by atoms with Crippen LogP contribution in [0.4, 0.5) is 8.78 Å². The Morgan fingerprint density at radius 2 is 2.24 bits per heavy atom. The van der Waals surface area contributed by atoms with Crippen molar-refractivity contribution in [1.82, 2.24) is 29.4 Å². The molecule has 0 fully saturated rings. The molecule has 3 heterocycles. The van der Waals surface area contributed by atoms with Gasteiger partial charge in [0.15, 0.2) is 5.69 Å². The second-order valence-electron chi connectivity index (χ2n) is 4.15. The normalized spacial score (nSPS) is 11.4. The zero-order chi connectivity index (χ0) is 15.0. The van der Waals surface area contributed by atoms with Crippen LogP contribution in [0.15, 0.2) is 24.7 Å². The number of carbonyl (C=O) groups is 1. The highest BCUT2D eigenvalue weighted by Crippen LogP contribution is 2.22. The fourth-order valence-electron chi connectivity index (χ4n) is 1.91. The third-order valence-electron chi connectivity index (χ3n) is 2.78. The van der Waals surface area contributed by atoms with E-state index in [-0.39, 0.29) is 6.54 Å². The number of nitrogens with zero attached hydrogens (tertiary/aromatic N) is 6. The predicted octanol–water partition coefficient (Wildman–Crippen LogP) is 1.00. The van der Waals surface area contributed by atoms with Gasteiger partial charge in [-0.1, -0.05) is 5.21 Å². The highest BCUT2D eigenvalue weighted by atomic mass is 19.3. The fourth-order valence-corrected chi connectivity index (χ4v) is 1.91. The number of alkyl halides is 2. The molecule has 3 aromatic heterocycles. The molecule has 0 bridgehead atoms. The van der Waals surface area contributed by atoms with Crippen LogP contribution >= 0.6 is 0 Å². The smallest absolute Gasteiger partial charge is 0.358 e. The summed E-state index contributed by atoms with van der Waals surface area (Å²) in [4.78, 5) is 19.0. The van der Waals surface area contributed by atoms with Crippen molar-refractivity contribution in [3.05, 3.63) is 41.7 Å². The minimum absolute atomic E-state index is 0.122. The third kappa shape index (κ3) is 2.30. The van der Waals surface area contributed by atoms with Gasteiger partial charge < -0.3 is 5.11 Å². The SMILES string of the molecule is O=C(O)c1nnn(Cc2cn3cccnc3n2)c1C(F)F. The third-order valence-corrected chi connectivity index (χ3v) is 2.78. The van der Waals surface area contributed by atoms with E-state index in [4.69, 9.17) is 5.11 Å². The van der Waals surface area contributed by atoms with Gasteiger partial charge in [-0.2, -0.15) is 0 Å². The Morgan fingerprint density at radius 3 is 2.90 bits per heavy atom. The zero-order valence-corrected chi connectivity index (χ0v) is 10.4. The van der Waals surface area contributed by atoms with Crippen molar-refractivity contribution < 1.29 is 18.7 Å². The van der Waals surface area contributed by atoms with Crippen LogP contribution in [0.25, 0.3) is 5.78 Å². The average molecular weight is 294 g/mol. The van der Waals surface area contributed by atoms with Crippen LogP contribution in [0.2, 0.25) is 0 Å². The van der Waals surface area contributed by atoms with E-state index in [9.17, 15) is 13.6 Å². The van der Waals surface area contributed by atoms with Gasteiger partial charge in [-0.25, -0.2) is 28.2 Å². The molecule has 0 unspecified atom stereocenters.